The second-order valence-corrected chi connectivity index (χ2v) is 10.4. The number of carbonyl (C=O) groups is 6. The Labute approximate surface area is 249 Å². The Morgan fingerprint density at radius 1 is 1.02 bits per heavy atom. The van der Waals surface area contributed by atoms with E-state index < -0.39 is 24.3 Å². The third-order valence-corrected chi connectivity index (χ3v) is 6.49. The number of ether oxygens (including phenoxy) is 4. The molecule has 0 aromatic heterocycles. The van der Waals surface area contributed by atoms with Crippen LogP contribution in [0, 0.1) is 17.8 Å². The third-order valence-electron chi connectivity index (χ3n) is 6.49. The molecule has 0 aromatic rings. The molecule has 14 heteroatoms. The van der Waals surface area contributed by atoms with Gasteiger partial charge in [0.2, 0.25) is 17.7 Å². The fraction of sp³-hybridized carbons (Fsp3) is 0.786. The molecule has 240 valence electrons. The molecule has 0 bridgehead atoms. The minimum Gasteiger partial charge on any atom is -0.379 e. The number of urea groups is 1. The van der Waals surface area contributed by atoms with Crippen LogP contribution < -0.4 is 16.4 Å². The lowest BCUT2D eigenvalue weighted by atomic mass is 9.91. The summed E-state index contributed by atoms with van der Waals surface area (Å²) in [7, 11) is 0. The van der Waals surface area contributed by atoms with Crippen LogP contribution in [0.1, 0.15) is 54.2 Å². The average molecular weight is 602 g/mol. The summed E-state index contributed by atoms with van der Waals surface area (Å²) in [6.45, 7) is 8.15. The van der Waals surface area contributed by atoms with Gasteiger partial charge in [-0.15, -0.1) is 0 Å². The van der Waals surface area contributed by atoms with Gasteiger partial charge in [0.05, 0.1) is 65.4 Å². The van der Waals surface area contributed by atoms with Crippen LogP contribution in [0.15, 0.2) is 0 Å². The summed E-state index contributed by atoms with van der Waals surface area (Å²) < 4.78 is 29.1. The highest BCUT2D eigenvalue weighted by Gasteiger charge is 2.35. The predicted molar refractivity (Wildman–Crippen MR) is 151 cm³/mol. The number of rotatable bonds is 25. The number of nitrogens with zero attached hydrogens (tertiary/aromatic N) is 1. The first-order chi connectivity index (χ1) is 20.4. The van der Waals surface area contributed by atoms with Crippen molar-refractivity contribution in [1.29, 1.82) is 0 Å². The van der Waals surface area contributed by atoms with Gasteiger partial charge in [-0.25, -0.2) is 4.79 Å². The van der Waals surface area contributed by atoms with Gasteiger partial charge in [-0.2, -0.15) is 0 Å². The van der Waals surface area contributed by atoms with Gasteiger partial charge in [0.1, 0.15) is 7.63 Å². The average Bonchev–Trinajstić information content (AvgIpc) is 3.18. The van der Waals surface area contributed by atoms with Crippen molar-refractivity contribution in [2.45, 2.75) is 58.9 Å². The molecule has 1 fully saturated rings. The van der Waals surface area contributed by atoms with Gasteiger partial charge in [-0.05, 0) is 18.8 Å². The molecule has 1 saturated heterocycles. The number of hydrogen-bond donors (Lipinski definition) is 3. The summed E-state index contributed by atoms with van der Waals surface area (Å²) >= 11 is 0. The zero-order valence-corrected chi connectivity index (χ0v) is 25.0. The quantitative estimate of drug-likeness (QED) is 0.0740. The van der Waals surface area contributed by atoms with E-state index in [2.05, 4.69) is 10.6 Å². The van der Waals surface area contributed by atoms with Gasteiger partial charge in [0.15, 0.2) is 5.78 Å². The molecule has 1 unspecified atom stereocenters. The summed E-state index contributed by atoms with van der Waals surface area (Å²) in [6.07, 6.45) is -0.105. The molecule has 1 aliphatic rings. The molecule has 1 rings (SSSR count). The van der Waals surface area contributed by atoms with Gasteiger partial charge in [-0.1, -0.05) is 20.8 Å². The smallest absolute Gasteiger partial charge is 0.312 e. The number of aldehydes is 1. The number of carbonyl (C=O) groups excluding carboxylic acids is 6. The van der Waals surface area contributed by atoms with E-state index in [4.69, 9.17) is 26.1 Å². The van der Waals surface area contributed by atoms with E-state index in [1.165, 1.54) is 4.90 Å². The van der Waals surface area contributed by atoms with E-state index >= 15 is 0 Å². The van der Waals surface area contributed by atoms with Crippen LogP contribution in [0.4, 0.5) is 4.79 Å². The first kappa shape index (κ1) is 35.3. The zero-order valence-electron chi connectivity index (χ0n) is 26.0. The minimum absolute atomic E-state index is 0.0400. The highest BCUT2D eigenvalue weighted by molar-refractivity contribution is 6.03. The summed E-state index contributed by atoms with van der Waals surface area (Å²) in [4.78, 5) is 72.4. The van der Waals surface area contributed by atoms with E-state index in [1.807, 2.05) is 0 Å². The normalized spacial score (nSPS) is 16.8. The lowest BCUT2D eigenvalue weighted by Crippen LogP contribution is -2.45. The number of ketones is 1. The number of primary amides is 1. The standard InChI is InChI=1S/C28H48N4O10/c1-20(2)26(23(34)18-22(19-33)5-4-7-30-28(29)38)31-24(35)6-9-39-11-13-41-15-16-42-14-12-40-10-8-32-25(36)17-21(3)27(32)37/h19-22,26H,4-18H2,1-3H3,(H,31,35)(H3,29,30,38)/t21?,22-,26+/m1/s1/i19D. The molecule has 0 aromatic carbocycles. The fourth-order valence-electron chi connectivity index (χ4n) is 4.16. The van der Waals surface area contributed by atoms with Crippen molar-refractivity contribution in [1.82, 2.24) is 15.5 Å². The van der Waals surface area contributed by atoms with E-state index in [1.54, 1.807) is 20.8 Å². The molecule has 14 nitrogen and oxygen atoms in total. The first-order valence-electron chi connectivity index (χ1n) is 14.9. The molecule has 42 heavy (non-hydrogen) atoms. The molecule has 1 heterocycles. The van der Waals surface area contributed by atoms with Crippen molar-refractivity contribution in [2.24, 2.45) is 23.5 Å². The summed E-state index contributed by atoms with van der Waals surface area (Å²) in [6, 6.07) is -1.48. The second-order valence-electron chi connectivity index (χ2n) is 10.4. The largest absolute Gasteiger partial charge is 0.379 e. The van der Waals surface area contributed by atoms with Crippen molar-refractivity contribution in [3.8, 4) is 0 Å². The van der Waals surface area contributed by atoms with Crippen LogP contribution in [0.3, 0.4) is 0 Å². The summed E-state index contributed by atoms with van der Waals surface area (Å²) in [5, 5.41) is 5.10. The van der Waals surface area contributed by atoms with Crippen molar-refractivity contribution >= 4 is 35.8 Å². The van der Waals surface area contributed by atoms with Crippen molar-refractivity contribution in [3.63, 3.8) is 0 Å². The van der Waals surface area contributed by atoms with Gasteiger partial charge < -0.3 is 40.1 Å². The zero-order chi connectivity index (χ0) is 32.2. The molecule has 0 spiro atoms. The van der Waals surface area contributed by atoms with E-state index in [0.717, 1.165) is 0 Å². The molecule has 0 aliphatic carbocycles. The maximum absolute atomic E-state index is 12.8. The highest BCUT2D eigenvalue weighted by Crippen LogP contribution is 2.18. The fourth-order valence-corrected chi connectivity index (χ4v) is 4.16. The number of amides is 5. The maximum Gasteiger partial charge on any atom is 0.312 e. The Hall–Kier alpha value is -2.94. The van der Waals surface area contributed by atoms with Crippen LogP contribution in [0.2, 0.25) is 0 Å². The molecular formula is C28H48N4O10. The Balaban J connectivity index is 2.10. The van der Waals surface area contributed by atoms with Crippen LogP contribution in [-0.4, -0.2) is 113 Å². The summed E-state index contributed by atoms with van der Waals surface area (Å²) in [5.74, 6) is -2.31. The molecule has 0 radical (unpaired) electrons. The number of hydrogen-bond acceptors (Lipinski definition) is 10. The monoisotopic (exact) mass is 601 g/mol. The van der Waals surface area contributed by atoms with E-state index in [9.17, 15) is 28.8 Å². The van der Waals surface area contributed by atoms with Crippen LogP contribution in [0.25, 0.3) is 0 Å². The number of Topliss-reactive ketones (excluding diaryl/α,β-unsaturated/α-hetero) is 1. The number of imide groups is 1. The number of nitrogens with two attached hydrogens (primary N) is 1. The molecular weight excluding hydrogens is 552 g/mol. The van der Waals surface area contributed by atoms with Gasteiger partial charge in [0.25, 0.3) is 0 Å². The van der Waals surface area contributed by atoms with E-state index in [-0.39, 0.29) is 93.9 Å². The van der Waals surface area contributed by atoms with Crippen molar-refractivity contribution in [3.05, 3.63) is 0 Å². The molecule has 5 amide bonds. The Bertz CT molecular complexity index is 920. The number of nitrogens with one attached hydrogen (secondary N) is 2. The molecule has 3 atom stereocenters. The molecule has 1 aliphatic heterocycles. The van der Waals surface area contributed by atoms with E-state index in [0.29, 0.717) is 39.5 Å². The number of likely N-dealkylation sites (tertiary alicyclic amines) is 1. The lowest BCUT2D eigenvalue weighted by Gasteiger charge is -2.22. The maximum atomic E-state index is 12.8. The Morgan fingerprint density at radius 2 is 1.60 bits per heavy atom. The predicted octanol–water partition coefficient (Wildman–Crippen LogP) is 0.202. The van der Waals surface area contributed by atoms with Crippen molar-refractivity contribution in [2.75, 3.05) is 65.9 Å². The van der Waals surface area contributed by atoms with Gasteiger partial charge in [-0.3, -0.25) is 24.1 Å². The highest BCUT2D eigenvalue weighted by atomic mass is 16.6. The molecule has 0 saturated carbocycles. The molecule has 4 N–H and O–H groups in total. The van der Waals surface area contributed by atoms with Crippen LogP contribution in [0.5, 0.6) is 0 Å². The lowest BCUT2D eigenvalue weighted by molar-refractivity contribution is -0.140. The first-order valence-corrected chi connectivity index (χ1v) is 14.4. The Morgan fingerprint density at radius 3 is 2.10 bits per heavy atom. The summed E-state index contributed by atoms with van der Waals surface area (Å²) in [5.41, 5.74) is 5.00. The third kappa shape index (κ3) is 15.9. The van der Waals surface area contributed by atoms with Crippen molar-refractivity contribution < 1.29 is 49.1 Å². The van der Waals surface area contributed by atoms with Gasteiger partial charge in [0, 0.05) is 37.6 Å². The minimum atomic E-state index is -0.866. The Kier molecular flexibility index (Phi) is 18.2. The van der Waals surface area contributed by atoms with Crippen LogP contribution >= 0.6 is 0 Å². The van der Waals surface area contributed by atoms with Gasteiger partial charge >= 0.3 is 6.03 Å². The van der Waals surface area contributed by atoms with Crippen LogP contribution in [-0.2, 0) is 42.9 Å². The topological polar surface area (TPSA) is 193 Å². The second kappa shape index (κ2) is 21.7. The SMILES string of the molecule is [2H]C(=O)[C@H](CCCNC(N)=O)CC(=O)[C@@H](NC(=O)CCOCCOCCOCCOCCN1C(=O)CC(C)C1=O)C(C)C.